The summed E-state index contributed by atoms with van der Waals surface area (Å²) in [4.78, 5) is 11.7. The second-order valence-corrected chi connectivity index (χ2v) is 4.25. The smallest absolute Gasteiger partial charge is 0.387 e. The molecule has 0 saturated heterocycles. The Morgan fingerprint density at radius 2 is 2.17 bits per heavy atom. The van der Waals surface area contributed by atoms with Crippen LogP contribution in [0, 0.1) is 5.92 Å². The summed E-state index contributed by atoms with van der Waals surface area (Å²) in [5.74, 6) is -0.411. The molecule has 1 amide bonds. The van der Waals surface area contributed by atoms with Crippen LogP contribution in [0.5, 0.6) is 11.5 Å². The van der Waals surface area contributed by atoms with E-state index in [2.05, 4.69) is 10.1 Å². The van der Waals surface area contributed by atoms with Gasteiger partial charge in [0.15, 0.2) is 0 Å². The number of phenolic OH excluding ortho intramolecular Hbond substituents is 1. The topological polar surface area (TPSA) is 58.6 Å². The molecule has 0 bridgehead atoms. The van der Waals surface area contributed by atoms with Crippen LogP contribution in [-0.2, 0) is 0 Å². The average Bonchev–Trinajstić information content (AvgIpc) is 3.07. The number of carbonyl (C=O) groups is 1. The minimum absolute atomic E-state index is 0.103. The van der Waals surface area contributed by atoms with Crippen LogP contribution in [0.15, 0.2) is 18.2 Å². The van der Waals surface area contributed by atoms with Crippen LogP contribution in [-0.4, -0.2) is 24.2 Å². The van der Waals surface area contributed by atoms with Crippen molar-refractivity contribution in [2.75, 3.05) is 6.54 Å². The fourth-order valence-corrected chi connectivity index (χ4v) is 1.55. The van der Waals surface area contributed by atoms with E-state index in [1.54, 1.807) is 0 Å². The zero-order valence-electron chi connectivity index (χ0n) is 9.53. The first-order valence-electron chi connectivity index (χ1n) is 5.61. The molecule has 1 aliphatic carbocycles. The maximum absolute atomic E-state index is 12.0. The lowest BCUT2D eigenvalue weighted by molar-refractivity contribution is -0.0499. The van der Waals surface area contributed by atoms with Gasteiger partial charge in [0.2, 0.25) is 0 Å². The highest BCUT2D eigenvalue weighted by Gasteiger charge is 2.22. The van der Waals surface area contributed by atoms with Crippen LogP contribution >= 0.6 is 0 Å². The highest BCUT2D eigenvalue weighted by molar-refractivity contribution is 5.95. The van der Waals surface area contributed by atoms with Crippen LogP contribution < -0.4 is 10.1 Å². The molecule has 1 fully saturated rings. The molecule has 1 aromatic carbocycles. The zero-order valence-corrected chi connectivity index (χ0v) is 9.53. The Bertz CT molecular complexity index is 447. The fraction of sp³-hybridized carbons (Fsp3) is 0.417. The van der Waals surface area contributed by atoms with E-state index in [4.69, 9.17) is 0 Å². The van der Waals surface area contributed by atoms with Crippen molar-refractivity contribution in [3.05, 3.63) is 23.8 Å². The molecule has 0 atom stereocenters. The van der Waals surface area contributed by atoms with Crippen LogP contribution in [0.3, 0.4) is 0 Å². The van der Waals surface area contributed by atoms with Crippen molar-refractivity contribution in [2.24, 2.45) is 5.92 Å². The van der Waals surface area contributed by atoms with Gasteiger partial charge in [0.1, 0.15) is 11.5 Å². The number of halogens is 2. The average molecular weight is 257 g/mol. The number of amides is 1. The number of carbonyl (C=O) groups excluding carboxylic acids is 1. The standard InChI is InChI=1S/C12H13F2NO3/c13-12(14)18-10-4-8(3-9(16)5-10)11(17)15-6-7-1-2-7/h3-5,7,12,16H,1-2,6H2,(H,15,17). The summed E-state index contributed by atoms with van der Waals surface area (Å²) < 4.78 is 28.2. The van der Waals surface area contributed by atoms with Crippen LogP contribution in [0.25, 0.3) is 0 Å². The minimum Gasteiger partial charge on any atom is -0.508 e. The van der Waals surface area contributed by atoms with Gasteiger partial charge in [0, 0.05) is 18.2 Å². The maximum atomic E-state index is 12.0. The molecule has 2 rings (SSSR count). The Morgan fingerprint density at radius 1 is 1.44 bits per heavy atom. The number of hydrogen-bond acceptors (Lipinski definition) is 3. The Hall–Kier alpha value is -1.85. The third-order valence-electron chi connectivity index (χ3n) is 2.63. The summed E-state index contributed by atoms with van der Waals surface area (Å²) in [5.41, 5.74) is 0.103. The molecule has 1 saturated carbocycles. The molecule has 0 heterocycles. The van der Waals surface area contributed by atoms with Gasteiger partial charge in [0.25, 0.3) is 5.91 Å². The molecule has 0 aliphatic heterocycles. The number of rotatable bonds is 5. The molecule has 0 unspecified atom stereocenters. The Morgan fingerprint density at radius 3 is 2.78 bits per heavy atom. The zero-order chi connectivity index (χ0) is 13.1. The minimum atomic E-state index is -2.99. The number of benzene rings is 1. The molecule has 2 N–H and O–H groups in total. The number of phenols is 1. The third kappa shape index (κ3) is 3.58. The first kappa shape index (κ1) is 12.6. The monoisotopic (exact) mass is 257 g/mol. The van der Waals surface area contributed by atoms with E-state index in [0.29, 0.717) is 12.5 Å². The number of aromatic hydroxyl groups is 1. The molecule has 0 spiro atoms. The highest BCUT2D eigenvalue weighted by atomic mass is 19.3. The van der Waals surface area contributed by atoms with Gasteiger partial charge < -0.3 is 15.2 Å². The Kier molecular flexibility index (Phi) is 3.64. The summed E-state index contributed by atoms with van der Waals surface area (Å²) in [6, 6.07) is 3.42. The first-order valence-corrected chi connectivity index (χ1v) is 5.61. The van der Waals surface area contributed by atoms with E-state index in [1.807, 2.05) is 0 Å². The van der Waals surface area contributed by atoms with Crippen molar-refractivity contribution in [3.63, 3.8) is 0 Å². The third-order valence-corrected chi connectivity index (χ3v) is 2.63. The summed E-state index contributed by atoms with van der Waals surface area (Å²) in [7, 11) is 0. The van der Waals surface area contributed by atoms with E-state index < -0.39 is 12.5 Å². The molecule has 0 aromatic heterocycles. The van der Waals surface area contributed by atoms with Gasteiger partial charge >= 0.3 is 6.61 Å². The first-order chi connectivity index (χ1) is 8.54. The maximum Gasteiger partial charge on any atom is 0.387 e. The summed E-state index contributed by atoms with van der Waals surface area (Å²) in [6.07, 6.45) is 2.19. The molecule has 0 radical (unpaired) electrons. The number of nitrogens with one attached hydrogen (secondary N) is 1. The van der Waals surface area contributed by atoms with Crippen LogP contribution in [0.2, 0.25) is 0 Å². The lowest BCUT2D eigenvalue weighted by Crippen LogP contribution is -2.25. The predicted octanol–water partition coefficient (Wildman–Crippen LogP) is 2.13. The predicted molar refractivity (Wildman–Crippen MR) is 59.8 cm³/mol. The molecular formula is C12H13F2NO3. The van der Waals surface area contributed by atoms with Crippen LogP contribution in [0.4, 0.5) is 8.78 Å². The molecule has 6 heteroatoms. The van der Waals surface area contributed by atoms with Gasteiger partial charge in [-0.1, -0.05) is 0 Å². The van der Waals surface area contributed by atoms with Crippen molar-refractivity contribution in [3.8, 4) is 11.5 Å². The van der Waals surface area contributed by atoms with Crippen LogP contribution in [0.1, 0.15) is 23.2 Å². The van der Waals surface area contributed by atoms with Gasteiger partial charge in [-0.05, 0) is 30.9 Å². The van der Waals surface area contributed by atoms with Gasteiger partial charge in [0.05, 0.1) is 0 Å². The summed E-state index contributed by atoms with van der Waals surface area (Å²) in [5, 5.41) is 12.0. The van der Waals surface area contributed by atoms with E-state index in [9.17, 15) is 18.7 Å². The van der Waals surface area contributed by atoms with Gasteiger partial charge in [-0.3, -0.25) is 4.79 Å². The number of ether oxygens (including phenoxy) is 1. The van der Waals surface area contributed by atoms with Crippen molar-refractivity contribution in [2.45, 2.75) is 19.5 Å². The summed E-state index contributed by atoms with van der Waals surface area (Å²) >= 11 is 0. The van der Waals surface area contributed by atoms with E-state index in [-0.39, 0.29) is 17.1 Å². The number of hydrogen-bond donors (Lipinski definition) is 2. The Labute approximate surface area is 103 Å². The molecule has 18 heavy (non-hydrogen) atoms. The molecular weight excluding hydrogens is 244 g/mol. The van der Waals surface area contributed by atoms with Crippen molar-refractivity contribution in [1.82, 2.24) is 5.32 Å². The largest absolute Gasteiger partial charge is 0.508 e. The van der Waals surface area contributed by atoms with Crippen molar-refractivity contribution < 1.29 is 23.4 Å². The molecule has 1 aliphatic rings. The van der Waals surface area contributed by atoms with E-state index >= 15 is 0 Å². The second kappa shape index (κ2) is 5.20. The lowest BCUT2D eigenvalue weighted by Gasteiger charge is -2.08. The lowest BCUT2D eigenvalue weighted by atomic mass is 10.2. The van der Waals surface area contributed by atoms with E-state index in [0.717, 1.165) is 18.9 Å². The molecule has 1 aromatic rings. The van der Waals surface area contributed by atoms with Gasteiger partial charge in [-0.25, -0.2) is 0 Å². The van der Waals surface area contributed by atoms with Crippen molar-refractivity contribution >= 4 is 5.91 Å². The molecule has 4 nitrogen and oxygen atoms in total. The van der Waals surface area contributed by atoms with E-state index in [1.165, 1.54) is 12.1 Å². The van der Waals surface area contributed by atoms with Gasteiger partial charge in [-0.2, -0.15) is 8.78 Å². The highest BCUT2D eigenvalue weighted by Crippen LogP contribution is 2.28. The van der Waals surface area contributed by atoms with Gasteiger partial charge in [-0.15, -0.1) is 0 Å². The number of alkyl halides is 2. The molecule has 98 valence electrons. The second-order valence-electron chi connectivity index (χ2n) is 4.25. The fourth-order valence-electron chi connectivity index (χ4n) is 1.55. The van der Waals surface area contributed by atoms with Crippen molar-refractivity contribution in [1.29, 1.82) is 0 Å². The quantitative estimate of drug-likeness (QED) is 0.849. The Balaban J connectivity index is 2.05. The summed E-state index contributed by atoms with van der Waals surface area (Å²) in [6.45, 7) is -2.42. The normalized spacial score (nSPS) is 14.6. The SMILES string of the molecule is O=C(NCC1CC1)c1cc(O)cc(OC(F)F)c1.